The zero-order valence-electron chi connectivity index (χ0n) is 9.80. The molecule has 1 aliphatic heterocycles. The predicted octanol–water partition coefficient (Wildman–Crippen LogP) is 1.27. The molecule has 2 fully saturated rings. The molecule has 0 radical (unpaired) electrons. The van der Waals surface area contributed by atoms with Crippen molar-refractivity contribution in [3.63, 3.8) is 0 Å². The van der Waals surface area contributed by atoms with Crippen LogP contribution in [-0.4, -0.2) is 31.3 Å². The summed E-state index contributed by atoms with van der Waals surface area (Å²) in [4.78, 5) is 0. The molecule has 1 heterocycles. The van der Waals surface area contributed by atoms with Crippen LogP contribution in [0, 0.1) is 5.92 Å². The molecule has 0 amide bonds. The van der Waals surface area contributed by atoms with E-state index in [1.807, 2.05) is 0 Å². The first-order valence-corrected chi connectivity index (χ1v) is 6.35. The maximum absolute atomic E-state index is 6.16. The lowest BCUT2D eigenvalue weighted by molar-refractivity contribution is 0.0863. The highest BCUT2D eigenvalue weighted by atomic mass is 16.5. The summed E-state index contributed by atoms with van der Waals surface area (Å²) in [6, 6.07) is 0. The first-order chi connectivity index (χ1) is 7.23. The van der Waals surface area contributed by atoms with E-state index in [9.17, 15) is 0 Å². The SMILES string of the molecule is CCC1OCCC1CNCC1(N)CCC1. The van der Waals surface area contributed by atoms with Gasteiger partial charge in [-0.3, -0.25) is 0 Å². The van der Waals surface area contributed by atoms with Crippen LogP contribution in [0.5, 0.6) is 0 Å². The average molecular weight is 212 g/mol. The second kappa shape index (κ2) is 4.81. The number of hydrogen-bond donors (Lipinski definition) is 2. The second-order valence-electron chi connectivity index (χ2n) is 5.21. The van der Waals surface area contributed by atoms with E-state index in [0.29, 0.717) is 12.0 Å². The Hall–Kier alpha value is -0.120. The van der Waals surface area contributed by atoms with Gasteiger partial charge < -0.3 is 15.8 Å². The third-order valence-electron chi connectivity index (χ3n) is 3.98. The molecule has 0 bridgehead atoms. The second-order valence-corrected chi connectivity index (χ2v) is 5.21. The molecule has 88 valence electrons. The number of nitrogens with one attached hydrogen (secondary N) is 1. The fourth-order valence-corrected chi connectivity index (χ4v) is 2.69. The van der Waals surface area contributed by atoms with Crippen molar-refractivity contribution >= 4 is 0 Å². The van der Waals surface area contributed by atoms with Crippen molar-refractivity contribution in [2.75, 3.05) is 19.7 Å². The molecule has 2 atom stereocenters. The third kappa shape index (κ3) is 2.71. The number of nitrogens with two attached hydrogens (primary N) is 1. The zero-order chi connectivity index (χ0) is 10.7. The van der Waals surface area contributed by atoms with Crippen molar-refractivity contribution in [3.8, 4) is 0 Å². The summed E-state index contributed by atoms with van der Waals surface area (Å²) in [5.41, 5.74) is 6.27. The van der Waals surface area contributed by atoms with Crippen LogP contribution in [0.15, 0.2) is 0 Å². The van der Waals surface area contributed by atoms with E-state index in [1.54, 1.807) is 0 Å². The van der Waals surface area contributed by atoms with E-state index in [4.69, 9.17) is 10.5 Å². The Morgan fingerprint density at radius 2 is 2.27 bits per heavy atom. The fourth-order valence-electron chi connectivity index (χ4n) is 2.69. The molecule has 3 nitrogen and oxygen atoms in total. The van der Waals surface area contributed by atoms with Gasteiger partial charge in [0.2, 0.25) is 0 Å². The lowest BCUT2D eigenvalue weighted by Gasteiger charge is -2.38. The molecule has 0 aromatic heterocycles. The molecule has 1 saturated carbocycles. The van der Waals surface area contributed by atoms with E-state index in [2.05, 4.69) is 12.2 Å². The molecular formula is C12H24N2O. The number of ether oxygens (including phenoxy) is 1. The molecule has 2 unspecified atom stereocenters. The first kappa shape index (κ1) is 11.4. The maximum Gasteiger partial charge on any atom is 0.0613 e. The van der Waals surface area contributed by atoms with E-state index in [-0.39, 0.29) is 5.54 Å². The van der Waals surface area contributed by atoms with Crippen LogP contribution in [0.1, 0.15) is 39.0 Å². The van der Waals surface area contributed by atoms with Gasteiger partial charge >= 0.3 is 0 Å². The largest absolute Gasteiger partial charge is 0.378 e. The summed E-state index contributed by atoms with van der Waals surface area (Å²) in [6.07, 6.45) is 6.52. The number of rotatable bonds is 5. The highest BCUT2D eigenvalue weighted by Crippen LogP contribution is 2.28. The topological polar surface area (TPSA) is 47.3 Å². The van der Waals surface area contributed by atoms with Crippen molar-refractivity contribution in [1.29, 1.82) is 0 Å². The average Bonchev–Trinajstić information content (AvgIpc) is 2.63. The van der Waals surface area contributed by atoms with Gasteiger partial charge in [-0.2, -0.15) is 0 Å². The van der Waals surface area contributed by atoms with Crippen LogP contribution in [-0.2, 0) is 4.74 Å². The first-order valence-electron chi connectivity index (χ1n) is 6.35. The lowest BCUT2D eigenvalue weighted by Crippen LogP contribution is -2.54. The Bertz CT molecular complexity index is 204. The van der Waals surface area contributed by atoms with Crippen LogP contribution in [0.3, 0.4) is 0 Å². The van der Waals surface area contributed by atoms with E-state index >= 15 is 0 Å². The highest BCUT2D eigenvalue weighted by Gasteiger charge is 2.33. The Morgan fingerprint density at radius 1 is 1.47 bits per heavy atom. The molecular weight excluding hydrogens is 188 g/mol. The van der Waals surface area contributed by atoms with Crippen LogP contribution in [0.25, 0.3) is 0 Å². The molecule has 0 aromatic carbocycles. The Balaban J connectivity index is 1.64. The van der Waals surface area contributed by atoms with Gasteiger partial charge in [-0.05, 0) is 38.0 Å². The third-order valence-corrected chi connectivity index (χ3v) is 3.98. The monoisotopic (exact) mass is 212 g/mol. The summed E-state index contributed by atoms with van der Waals surface area (Å²) >= 11 is 0. The zero-order valence-corrected chi connectivity index (χ0v) is 9.80. The van der Waals surface area contributed by atoms with E-state index in [1.165, 1.54) is 25.7 Å². The van der Waals surface area contributed by atoms with Crippen LogP contribution < -0.4 is 11.1 Å². The van der Waals surface area contributed by atoms with Crippen molar-refractivity contribution in [2.24, 2.45) is 11.7 Å². The fraction of sp³-hybridized carbons (Fsp3) is 1.00. The smallest absolute Gasteiger partial charge is 0.0613 e. The van der Waals surface area contributed by atoms with Gasteiger partial charge in [-0.25, -0.2) is 0 Å². The minimum atomic E-state index is 0.112. The van der Waals surface area contributed by atoms with Gasteiger partial charge in [0.05, 0.1) is 6.10 Å². The number of hydrogen-bond acceptors (Lipinski definition) is 3. The summed E-state index contributed by atoms with van der Waals surface area (Å²) < 4.78 is 5.67. The van der Waals surface area contributed by atoms with Crippen LogP contribution in [0.4, 0.5) is 0 Å². The van der Waals surface area contributed by atoms with Gasteiger partial charge in [-0.1, -0.05) is 6.92 Å². The quantitative estimate of drug-likeness (QED) is 0.721. The van der Waals surface area contributed by atoms with Gasteiger partial charge in [-0.15, -0.1) is 0 Å². The van der Waals surface area contributed by atoms with Crippen LogP contribution in [0.2, 0.25) is 0 Å². The molecule has 3 heteroatoms. The summed E-state index contributed by atoms with van der Waals surface area (Å²) in [6.45, 7) is 5.22. The Morgan fingerprint density at radius 3 is 2.87 bits per heavy atom. The molecule has 0 spiro atoms. The van der Waals surface area contributed by atoms with E-state index < -0.39 is 0 Å². The van der Waals surface area contributed by atoms with Crippen molar-refractivity contribution in [1.82, 2.24) is 5.32 Å². The summed E-state index contributed by atoms with van der Waals surface area (Å²) in [5.74, 6) is 0.707. The molecule has 3 N–H and O–H groups in total. The van der Waals surface area contributed by atoms with Gasteiger partial charge in [0.15, 0.2) is 0 Å². The van der Waals surface area contributed by atoms with Gasteiger partial charge in [0, 0.05) is 25.2 Å². The predicted molar refractivity (Wildman–Crippen MR) is 61.8 cm³/mol. The van der Waals surface area contributed by atoms with Gasteiger partial charge in [0.25, 0.3) is 0 Å². The minimum Gasteiger partial charge on any atom is -0.378 e. The lowest BCUT2D eigenvalue weighted by atomic mass is 9.77. The summed E-state index contributed by atoms with van der Waals surface area (Å²) in [7, 11) is 0. The minimum absolute atomic E-state index is 0.112. The molecule has 2 rings (SSSR count). The van der Waals surface area contributed by atoms with Crippen molar-refractivity contribution in [2.45, 2.75) is 50.7 Å². The summed E-state index contributed by atoms with van der Waals surface area (Å²) in [5, 5.41) is 3.53. The molecule has 0 aromatic rings. The molecule has 1 aliphatic carbocycles. The Kier molecular flexibility index (Phi) is 3.65. The molecule has 1 saturated heterocycles. The highest BCUT2D eigenvalue weighted by molar-refractivity contribution is 4.94. The van der Waals surface area contributed by atoms with Gasteiger partial charge in [0.1, 0.15) is 0 Å². The maximum atomic E-state index is 6.16. The van der Waals surface area contributed by atoms with Crippen molar-refractivity contribution < 1.29 is 4.74 Å². The molecule has 2 aliphatic rings. The standard InChI is InChI=1S/C12H24N2O/c1-2-11-10(4-7-15-11)8-14-9-12(13)5-3-6-12/h10-11,14H,2-9,13H2,1H3. The van der Waals surface area contributed by atoms with Crippen LogP contribution >= 0.6 is 0 Å². The van der Waals surface area contributed by atoms with E-state index in [0.717, 1.165) is 26.1 Å². The van der Waals surface area contributed by atoms with Crippen molar-refractivity contribution in [3.05, 3.63) is 0 Å². The molecule has 15 heavy (non-hydrogen) atoms. The Labute approximate surface area is 92.7 Å². The normalized spacial score (nSPS) is 34.0.